The number of benzene rings is 1. The van der Waals surface area contributed by atoms with E-state index in [9.17, 15) is 5.11 Å². The minimum Gasteiger partial charge on any atom is -0.391 e. The van der Waals surface area contributed by atoms with E-state index in [4.69, 9.17) is 0 Å². The molecule has 1 saturated heterocycles. The Hall–Kier alpha value is -2.28. The molecule has 0 amide bonds. The molecule has 1 fully saturated rings. The SMILES string of the molecule is OCc1sccc1-c1ccccc1CN1CCN(c2ncccn2)CC1. The van der Waals surface area contributed by atoms with Crippen LogP contribution in [0.1, 0.15) is 10.4 Å². The van der Waals surface area contributed by atoms with Gasteiger partial charge in [-0.1, -0.05) is 24.3 Å². The number of hydrogen-bond donors (Lipinski definition) is 1. The van der Waals surface area contributed by atoms with E-state index in [1.54, 1.807) is 23.7 Å². The first-order chi connectivity index (χ1) is 12.8. The second-order valence-electron chi connectivity index (χ2n) is 6.38. The van der Waals surface area contributed by atoms with E-state index < -0.39 is 0 Å². The fourth-order valence-corrected chi connectivity index (χ4v) is 4.17. The van der Waals surface area contributed by atoms with E-state index >= 15 is 0 Å². The molecule has 1 N–H and O–H groups in total. The Labute approximate surface area is 157 Å². The maximum Gasteiger partial charge on any atom is 0.225 e. The summed E-state index contributed by atoms with van der Waals surface area (Å²) < 4.78 is 0. The molecule has 0 spiro atoms. The van der Waals surface area contributed by atoms with Gasteiger partial charge in [0, 0.05) is 50.0 Å². The van der Waals surface area contributed by atoms with E-state index in [2.05, 4.69) is 55.5 Å². The number of hydrogen-bond acceptors (Lipinski definition) is 6. The molecule has 4 rings (SSSR count). The summed E-state index contributed by atoms with van der Waals surface area (Å²) in [5.74, 6) is 0.818. The van der Waals surface area contributed by atoms with Crippen LogP contribution in [-0.4, -0.2) is 46.2 Å². The number of aromatic nitrogens is 2. The highest BCUT2D eigenvalue weighted by Crippen LogP contribution is 2.31. The molecular formula is C20H22N4OS. The quantitative estimate of drug-likeness (QED) is 0.752. The lowest BCUT2D eigenvalue weighted by molar-refractivity contribution is 0.249. The molecule has 2 aromatic heterocycles. The zero-order valence-corrected chi connectivity index (χ0v) is 15.4. The summed E-state index contributed by atoms with van der Waals surface area (Å²) in [5.41, 5.74) is 3.70. The van der Waals surface area contributed by atoms with Gasteiger partial charge in [-0.15, -0.1) is 11.3 Å². The number of piperazine rings is 1. The fourth-order valence-electron chi connectivity index (χ4n) is 3.43. The van der Waals surface area contributed by atoms with Crippen LogP contribution >= 0.6 is 11.3 Å². The Balaban J connectivity index is 1.46. The van der Waals surface area contributed by atoms with Gasteiger partial charge in [0.25, 0.3) is 0 Å². The Morgan fingerprint density at radius 1 is 0.923 bits per heavy atom. The topological polar surface area (TPSA) is 52.5 Å². The summed E-state index contributed by atoms with van der Waals surface area (Å²) in [6, 6.07) is 12.5. The van der Waals surface area contributed by atoms with Gasteiger partial charge >= 0.3 is 0 Å². The first-order valence-corrected chi connectivity index (χ1v) is 9.73. The summed E-state index contributed by atoms with van der Waals surface area (Å²) in [4.78, 5) is 14.5. The Morgan fingerprint density at radius 2 is 1.69 bits per heavy atom. The average Bonchev–Trinajstić information content (AvgIpc) is 3.18. The molecule has 1 aliphatic heterocycles. The van der Waals surface area contributed by atoms with Gasteiger partial charge in [0.2, 0.25) is 5.95 Å². The highest BCUT2D eigenvalue weighted by atomic mass is 32.1. The van der Waals surface area contributed by atoms with Crippen LogP contribution in [-0.2, 0) is 13.2 Å². The van der Waals surface area contributed by atoms with Crippen LogP contribution in [0, 0.1) is 0 Å². The van der Waals surface area contributed by atoms with E-state index in [1.807, 2.05) is 6.07 Å². The zero-order chi connectivity index (χ0) is 17.8. The molecule has 0 radical (unpaired) electrons. The smallest absolute Gasteiger partial charge is 0.225 e. The van der Waals surface area contributed by atoms with E-state index in [0.717, 1.165) is 49.1 Å². The molecule has 0 saturated carbocycles. The van der Waals surface area contributed by atoms with Gasteiger partial charge in [0.05, 0.1) is 6.61 Å². The molecule has 3 aromatic rings. The van der Waals surface area contributed by atoms with Gasteiger partial charge in [-0.2, -0.15) is 0 Å². The number of aliphatic hydroxyl groups is 1. The molecule has 0 aliphatic carbocycles. The second kappa shape index (κ2) is 7.95. The molecule has 0 atom stereocenters. The summed E-state index contributed by atoms with van der Waals surface area (Å²) in [6.07, 6.45) is 3.59. The number of rotatable bonds is 5. The third-order valence-corrected chi connectivity index (χ3v) is 5.70. The molecule has 134 valence electrons. The molecule has 3 heterocycles. The number of anilines is 1. The van der Waals surface area contributed by atoms with Crippen LogP contribution in [0.5, 0.6) is 0 Å². The van der Waals surface area contributed by atoms with Crippen molar-refractivity contribution in [2.45, 2.75) is 13.2 Å². The van der Waals surface area contributed by atoms with Crippen LogP contribution in [0.4, 0.5) is 5.95 Å². The van der Waals surface area contributed by atoms with Crippen molar-refractivity contribution in [1.29, 1.82) is 0 Å². The van der Waals surface area contributed by atoms with Crippen molar-refractivity contribution in [2.24, 2.45) is 0 Å². The minimum absolute atomic E-state index is 0.0943. The van der Waals surface area contributed by atoms with Gasteiger partial charge in [-0.05, 0) is 34.2 Å². The first-order valence-electron chi connectivity index (χ1n) is 8.85. The van der Waals surface area contributed by atoms with E-state index in [-0.39, 0.29) is 6.61 Å². The predicted molar refractivity (Wildman–Crippen MR) is 105 cm³/mol. The summed E-state index contributed by atoms with van der Waals surface area (Å²) in [6.45, 7) is 4.86. The van der Waals surface area contributed by atoms with Crippen LogP contribution in [0.15, 0.2) is 54.2 Å². The van der Waals surface area contributed by atoms with Gasteiger partial charge in [-0.3, -0.25) is 4.90 Å². The number of nitrogens with zero attached hydrogens (tertiary/aromatic N) is 4. The molecule has 5 nitrogen and oxygen atoms in total. The summed E-state index contributed by atoms with van der Waals surface area (Å²) >= 11 is 1.61. The first kappa shape index (κ1) is 17.1. The Bertz CT molecular complexity index is 844. The highest BCUT2D eigenvalue weighted by molar-refractivity contribution is 7.10. The van der Waals surface area contributed by atoms with Gasteiger partial charge in [0.1, 0.15) is 0 Å². The van der Waals surface area contributed by atoms with Crippen molar-refractivity contribution in [2.75, 3.05) is 31.1 Å². The highest BCUT2D eigenvalue weighted by Gasteiger charge is 2.20. The maximum atomic E-state index is 9.60. The summed E-state index contributed by atoms with van der Waals surface area (Å²) in [7, 11) is 0. The molecule has 1 aliphatic rings. The van der Waals surface area contributed by atoms with Crippen LogP contribution in [0.2, 0.25) is 0 Å². The largest absolute Gasteiger partial charge is 0.391 e. The zero-order valence-electron chi connectivity index (χ0n) is 14.6. The lowest BCUT2D eigenvalue weighted by Crippen LogP contribution is -2.46. The lowest BCUT2D eigenvalue weighted by atomic mass is 9.99. The standard InChI is InChI=1S/C20H22N4OS/c25-15-19-18(6-13-26-19)17-5-2-1-4-16(17)14-23-9-11-24(12-10-23)20-21-7-3-8-22-20/h1-8,13,25H,9-12,14-15H2. The molecule has 1 aromatic carbocycles. The van der Waals surface area contributed by atoms with Crippen molar-refractivity contribution in [3.05, 3.63) is 64.6 Å². The van der Waals surface area contributed by atoms with Crippen LogP contribution in [0.3, 0.4) is 0 Å². The Kier molecular flexibility index (Phi) is 5.24. The molecule has 6 heteroatoms. The van der Waals surface area contributed by atoms with Gasteiger partial charge < -0.3 is 10.0 Å². The van der Waals surface area contributed by atoms with Crippen molar-refractivity contribution >= 4 is 17.3 Å². The van der Waals surface area contributed by atoms with Crippen molar-refractivity contribution < 1.29 is 5.11 Å². The number of thiophene rings is 1. The number of aliphatic hydroxyl groups excluding tert-OH is 1. The third kappa shape index (κ3) is 3.62. The molecule has 0 unspecified atom stereocenters. The minimum atomic E-state index is 0.0943. The molecule has 0 bridgehead atoms. The van der Waals surface area contributed by atoms with E-state index in [1.165, 1.54) is 11.1 Å². The monoisotopic (exact) mass is 366 g/mol. The average molecular weight is 366 g/mol. The predicted octanol–water partition coefficient (Wildman–Crippen LogP) is 3.02. The lowest BCUT2D eigenvalue weighted by Gasteiger charge is -2.35. The second-order valence-corrected chi connectivity index (χ2v) is 7.39. The normalized spacial score (nSPS) is 15.3. The van der Waals surface area contributed by atoms with Crippen molar-refractivity contribution in [3.8, 4) is 11.1 Å². The molecular weight excluding hydrogens is 344 g/mol. The van der Waals surface area contributed by atoms with Crippen molar-refractivity contribution in [3.63, 3.8) is 0 Å². The van der Waals surface area contributed by atoms with Gasteiger partial charge in [-0.25, -0.2) is 9.97 Å². The maximum absolute atomic E-state index is 9.60. The van der Waals surface area contributed by atoms with Crippen LogP contribution in [0.25, 0.3) is 11.1 Å². The van der Waals surface area contributed by atoms with Crippen molar-refractivity contribution in [1.82, 2.24) is 14.9 Å². The van der Waals surface area contributed by atoms with Gasteiger partial charge in [0.15, 0.2) is 0 Å². The Morgan fingerprint density at radius 3 is 2.46 bits per heavy atom. The summed E-state index contributed by atoms with van der Waals surface area (Å²) in [5, 5.41) is 11.7. The third-order valence-electron chi connectivity index (χ3n) is 4.80. The van der Waals surface area contributed by atoms with E-state index in [0.29, 0.717) is 0 Å². The van der Waals surface area contributed by atoms with Crippen LogP contribution < -0.4 is 4.90 Å². The fraction of sp³-hybridized carbons (Fsp3) is 0.300. The molecule has 26 heavy (non-hydrogen) atoms.